The molecular formula is C11H20N2O3S. The van der Waals surface area contributed by atoms with Crippen LogP contribution in [0.3, 0.4) is 0 Å². The van der Waals surface area contributed by atoms with Crippen molar-refractivity contribution >= 4 is 15.7 Å². The van der Waals surface area contributed by atoms with Gasteiger partial charge in [-0.2, -0.15) is 0 Å². The van der Waals surface area contributed by atoms with Gasteiger partial charge in [0.05, 0.1) is 17.5 Å². The Bertz CT molecular complexity index is 388. The molecule has 98 valence electrons. The van der Waals surface area contributed by atoms with Crippen molar-refractivity contribution < 1.29 is 13.2 Å². The third kappa shape index (κ3) is 2.80. The van der Waals surface area contributed by atoms with Crippen LogP contribution in [0.15, 0.2) is 0 Å². The van der Waals surface area contributed by atoms with Crippen LogP contribution >= 0.6 is 0 Å². The summed E-state index contributed by atoms with van der Waals surface area (Å²) in [5.74, 6) is 0.436. The van der Waals surface area contributed by atoms with E-state index in [-0.39, 0.29) is 29.5 Å². The van der Waals surface area contributed by atoms with Gasteiger partial charge in [-0.25, -0.2) is 8.42 Å². The number of hydrogen-bond acceptors (Lipinski definition) is 4. The summed E-state index contributed by atoms with van der Waals surface area (Å²) >= 11 is 0. The van der Waals surface area contributed by atoms with Crippen LogP contribution in [-0.2, 0) is 14.6 Å². The van der Waals surface area contributed by atoms with E-state index in [1.165, 1.54) is 0 Å². The zero-order valence-corrected chi connectivity index (χ0v) is 11.0. The molecule has 0 bridgehead atoms. The number of rotatable bonds is 3. The fraction of sp³-hybridized carbons (Fsp3) is 0.909. The highest BCUT2D eigenvalue weighted by atomic mass is 32.2. The van der Waals surface area contributed by atoms with Gasteiger partial charge in [-0.05, 0) is 32.7 Å². The molecule has 2 unspecified atom stereocenters. The van der Waals surface area contributed by atoms with Crippen molar-refractivity contribution in [1.82, 2.24) is 10.2 Å². The van der Waals surface area contributed by atoms with Crippen LogP contribution in [-0.4, -0.2) is 55.9 Å². The summed E-state index contributed by atoms with van der Waals surface area (Å²) in [6.45, 7) is 3.39. The molecule has 2 heterocycles. The number of sulfone groups is 1. The predicted molar refractivity (Wildman–Crippen MR) is 65.5 cm³/mol. The topological polar surface area (TPSA) is 66.5 Å². The first kappa shape index (κ1) is 12.8. The number of carbonyl (C=O) groups is 1. The molecule has 0 aliphatic carbocycles. The van der Waals surface area contributed by atoms with Gasteiger partial charge in [0.2, 0.25) is 5.91 Å². The summed E-state index contributed by atoms with van der Waals surface area (Å²) in [6, 6.07) is -0.210. The van der Waals surface area contributed by atoms with E-state index in [2.05, 4.69) is 5.32 Å². The highest BCUT2D eigenvalue weighted by molar-refractivity contribution is 7.91. The lowest BCUT2D eigenvalue weighted by Gasteiger charge is -2.29. The minimum Gasteiger partial charge on any atom is -0.338 e. The van der Waals surface area contributed by atoms with E-state index in [1.54, 1.807) is 4.90 Å². The van der Waals surface area contributed by atoms with Crippen LogP contribution in [0.4, 0.5) is 0 Å². The molecule has 2 aliphatic rings. The molecule has 2 aliphatic heterocycles. The molecule has 0 aromatic rings. The fourth-order valence-corrected chi connectivity index (χ4v) is 4.44. The number of hydrogen-bond donors (Lipinski definition) is 1. The molecule has 2 fully saturated rings. The van der Waals surface area contributed by atoms with Crippen molar-refractivity contribution in [2.75, 3.05) is 24.6 Å². The molecule has 1 amide bonds. The standard InChI is InChI=1S/C11H20N2O3S/c1-2-13(9-5-7-17(15,16)8-9)11(14)10-4-3-6-12-10/h9-10,12H,2-8H2,1H3. The Balaban J connectivity index is 2.03. The Morgan fingerprint density at radius 3 is 2.65 bits per heavy atom. The largest absolute Gasteiger partial charge is 0.338 e. The zero-order valence-electron chi connectivity index (χ0n) is 10.2. The second-order valence-electron chi connectivity index (χ2n) is 4.83. The van der Waals surface area contributed by atoms with Gasteiger partial charge in [-0.3, -0.25) is 4.79 Å². The van der Waals surface area contributed by atoms with E-state index in [4.69, 9.17) is 0 Å². The molecule has 0 aromatic carbocycles. The Morgan fingerprint density at radius 2 is 2.18 bits per heavy atom. The lowest BCUT2D eigenvalue weighted by atomic mass is 10.1. The van der Waals surface area contributed by atoms with Crippen LogP contribution in [0, 0.1) is 0 Å². The van der Waals surface area contributed by atoms with Crippen molar-refractivity contribution in [3.05, 3.63) is 0 Å². The number of likely N-dealkylation sites (N-methyl/N-ethyl adjacent to an activating group) is 1. The summed E-state index contributed by atoms with van der Waals surface area (Å²) in [6.07, 6.45) is 2.49. The summed E-state index contributed by atoms with van der Waals surface area (Å²) in [4.78, 5) is 14.0. The highest BCUT2D eigenvalue weighted by Gasteiger charge is 2.36. The molecule has 2 rings (SSSR count). The molecule has 0 spiro atoms. The number of nitrogens with one attached hydrogen (secondary N) is 1. The first-order valence-electron chi connectivity index (χ1n) is 6.28. The summed E-state index contributed by atoms with van der Waals surface area (Å²) in [5, 5.41) is 3.17. The first-order chi connectivity index (χ1) is 8.03. The maximum Gasteiger partial charge on any atom is 0.239 e. The van der Waals surface area contributed by atoms with Gasteiger partial charge >= 0.3 is 0 Å². The highest BCUT2D eigenvalue weighted by Crippen LogP contribution is 2.20. The number of amides is 1. The Hall–Kier alpha value is -0.620. The normalized spacial score (nSPS) is 31.6. The van der Waals surface area contributed by atoms with Gasteiger partial charge in [0.1, 0.15) is 0 Å². The van der Waals surface area contributed by atoms with E-state index in [1.807, 2.05) is 6.92 Å². The Labute approximate surface area is 102 Å². The van der Waals surface area contributed by atoms with Crippen molar-refractivity contribution in [2.24, 2.45) is 0 Å². The van der Waals surface area contributed by atoms with Gasteiger partial charge in [0.25, 0.3) is 0 Å². The average molecular weight is 260 g/mol. The van der Waals surface area contributed by atoms with Gasteiger partial charge in [0.15, 0.2) is 9.84 Å². The molecule has 5 nitrogen and oxygen atoms in total. The molecule has 0 saturated carbocycles. The lowest BCUT2D eigenvalue weighted by Crippen LogP contribution is -2.48. The quantitative estimate of drug-likeness (QED) is 0.761. The van der Waals surface area contributed by atoms with Crippen LogP contribution in [0.5, 0.6) is 0 Å². The molecule has 2 saturated heterocycles. The number of nitrogens with zero attached hydrogens (tertiary/aromatic N) is 1. The second kappa shape index (κ2) is 4.94. The van der Waals surface area contributed by atoms with Gasteiger partial charge < -0.3 is 10.2 Å². The van der Waals surface area contributed by atoms with E-state index >= 15 is 0 Å². The smallest absolute Gasteiger partial charge is 0.239 e. The molecular weight excluding hydrogens is 240 g/mol. The van der Waals surface area contributed by atoms with Gasteiger partial charge in [0, 0.05) is 12.6 Å². The molecule has 1 N–H and O–H groups in total. The SMILES string of the molecule is CCN(C(=O)C1CCCN1)C1CCS(=O)(=O)C1. The van der Waals surface area contributed by atoms with Crippen molar-refractivity contribution in [3.8, 4) is 0 Å². The lowest BCUT2D eigenvalue weighted by molar-refractivity contribution is -0.134. The third-order valence-electron chi connectivity index (χ3n) is 3.63. The van der Waals surface area contributed by atoms with Crippen molar-refractivity contribution in [2.45, 2.75) is 38.3 Å². The predicted octanol–water partition coefficient (Wildman–Crippen LogP) is -0.226. The summed E-state index contributed by atoms with van der Waals surface area (Å²) < 4.78 is 22.9. The molecule has 17 heavy (non-hydrogen) atoms. The minimum absolute atomic E-state index is 0.0760. The Kier molecular flexibility index (Phi) is 3.73. The van der Waals surface area contributed by atoms with Crippen molar-refractivity contribution in [1.29, 1.82) is 0 Å². The summed E-state index contributed by atoms with van der Waals surface area (Å²) in [7, 11) is -2.92. The average Bonchev–Trinajstić information content (AvgIpc) is 2.88. The fourth-order valence-electron chi connectivity index (χ4n) is 2.71. The molecule has 2 atom stereocenters. The molecule has 0 aromatic heterocycles. The van der Waals surface area contributed by atoms with E-state index in [0.29, 0.717) is 13.0 Å². The molecule has 6 heteroatoms. The van der Waals surface area contributed by atoms with E-state index < -0.39 is 9.84 Å². The van der Waals surface area contributed by atoms with Crippen LogP contribution in [0.25, 0.3) is 0 Å². The number of carbonyl (C=O) groups excluding carboxylic acids is 1. The minimum atomic E-state index is -2.92. The first-order valence-corrected chi connectivity index (χ1v) is 8.10. The maximum absolute atomic E-state index is 12.2. The second-order valence-corrected chi connectivity index (χ2v) is 7.06. The van der Waals surface area contributed by atoms with Crippen LogP contribution in [0.2, 0.25) is 0 Å². The van der Waals surface area contributed by atoms with Gasteiger partial charge in [-0.15, -0.1) is 0 Å². The molecule has 0 radical (unpaired) electrons. The van der Waals surface area contributed by atoms with Crippen LogP contribution < -0.4 is 5.32 Å². The monoisotopic (exact) mass is 260 g/mol. The third-order valence-corrected chi connectivity index (χ3v) is 5.38. The van der Waals surface area contributed by atoms with Gasteiger partial charge in [-0.1, -0.05) is 0 Å². The Morgan fingerprint density at radius 1 is 1.41 bits per heavy atom. The van der Waals surface area contributed by atoms with Crippen LogP contribution in [0.1, 0.15) is 26.2 Å². The van der Waals surface area contributed by atoms with Crippen molar-refractivity contribution in [3.63, 3.8) is 0 Å². The van der Waals surface area contributed by atoms with E-state index in [0.717, 1.165) is 19.4 Å². The zero-order chi connectivity index (χ0) is 12.5. The summed E-state index contributed by atoms with van der Waals surface area (Å²) in [5.41, 5.74) is 0. The maximum atomic E-state index is 12.2. The van der Waals surface area contributed by atoms with E-state index in [9.17, 15) is 13.2 Å².